The Balaban J connectivity index is 1.90. The number of carbonyl (C=O) groups is 3. The quantitative estimate of drug-likeness (QED) is 0.465. The Kier molecular flexibility index (Phi) is 4.97. The Morgan fingerprint density at radius 3 is 2.52 bits per heavy atom. The molecular weight excluding hydrogens is 324 g/mol. The number of guanidine groups is 1. The van der Waals surface area contributed by atoms with Crippen LogP contribution in [0.4, 0.5) is 0 Å². The molecule has 8 heteroatoms. The summed E-state index contributed by atoms with van der Waals surface area (Å²) in [6.07, 6.45) is 0.818. The third kappa shape index (κ3) is 3.47. The van der Waals surface area contributed by atoms with E-state index in [-0.39, 0.29) is 0 Å². The van der Waals surface area contributed by atoms with Gasteiger partial charge in [0.2, 0.25) is 18.3 Å². The van der Waals surface area contributed by atoms with Gasteiger partial charge in [0.05, 0.1) is 7.11 Å². The van der Waals surface area contributed by atoms with Crippen LogP contribution in [0.15, 0.2) is 35.3 Å². The number of nitrogens with one attached hydrogen (secondary N) is 1. The number of methoxy groups -OCH3 is 1. The van der Waals surface area contributed by atoms with Gasteiger partial charge in [-0.05, 0) is 5.56 Å². The second-order valence-electron chi connectivity index (χ2n) is 5.93. The maximum atomic E-state index is 12.6. The van der Waals surface area contributed by atoms with Gasteiger partial charge in [-0.1, -0.05) is 30.3 Å². The molecule has 0 aliphatic carbocycles. The van der Waals surface area contributed by atoms with Gasteiger partial charge in [-0.25, -0.2) is 4.99 Å². The minimum atomic E-state index is -1.02. The predicted molar refractivity (Wildman–Crippen MR) is 89.5 cm³/mol. The number of benzene rings is 1. The second kappa shape index (κ2) is 7.33. The highest BCUT2D eigenvalue weighted by Crippen LogP contribution is 2.30. The van der Waals surface area contributed by atoms with Crippen molar-refractivity contribution in [1.29, 1.82) is 0 Å². The minimum absolute atomic E-state index is 0.427. The highest BCUT2D eigenvalue weighted by atomic mass is 16.5. The van der Waals surface area contributed by atoms with Crippen molar-refractivity contribution in [3.8, 4) is 0 Å². The Bertz CT molecular complexity index is 683. The van der Waals surface area contributed by atoms with Crippen LogP contribution in [0.2, 0.25) is 0 Å². The molecule has 2 heterocycles. The number of nitrogens with zero attached hydrogens (tertiary/aromatic N) is 3. The van der Waals surface area contributed by atoms with E-state index in [1.54, 1.807) is 4.90 Å². The third-order valence-corrected chi connectivity index (χ3v) is 4.45. The molecule has 2 aliphatic heterocycles. The lowest BCUT2D eigenvalue weighted by Crippen LogP contribution is -2.57. The molecule has 1 saturated heterocycles. The molecule has 0 unspecified atom stereocenters. The molecule has 25 heavy (non-hydrogen) atoms. The smallest absolute Gasteiger partial charge is 0.320 e. The molecule has 0 radical (unpaired) electrons. The molecule has 2 aliphatic rings. The highest BCUT2D eigenvalue weighted by Gasteiger charge is 2.41. The summed E-state index contributed by atoms with van der Waals surface area (Å²) >= 11 is 0. The van der Waals surface area contributed by atoms with Crippen molar-refractivity contribution in [2.75, 3.05) is 33.3 Å². The summed E-state index contributed by atoms with van der Waals surface area (Å²) in [5.74, 6) is -1.62. The van der Waals surface area contributed by atoms with Gasteiger partial charge in [0.15, 0.2) is 5.92 Å². The Morgan fingerprint density at radius 2 is 1.92 bits per heavy atom. The van der Waals surface area contributed by atoms with Crippen LogP contribution in [0.3, 0.4) is 0 Å². The van der Waals surface area contributed by atoms with Crippen LogP contribution in [0.25, 0.3) is 0 Å². The van der Waals surface area contributed by atoms with E-state index in [2.05, 4.69) is 10.3 Å². The molecule has 0 bridgehead atoms. The fourth-order valence-corrected chi connectivity index (χ4v) is 3.05. The minimum Gasteiger partial charge on any atom is -0.468 e. The summed E-state index contributed by atoms with van der Waals surface area (Å²) in [4.78, 5) is 43.7. The third-order valence-electron chi connectivity index (χ3n) is 4.45. The van der Waals surface area contributed by atoms with Crippen LogP contribution in [-0.4, -0.2) is 67.3 Å². The molecule has 0 spiro atoms. The number of carbonyl (C=O) groups excluding carboxylic acids is 3. The topological polar surface area (TPSA) is 91.3 Å². The molecule has 132 valence electrons. The molecule has 2 amide bonds. The summed E-state index contributed by atoms with van der Waals surface area (Å²) < 4.78 is 4.79. The molecule has 1 fully saturated rings. The molecule has 1 aromatic carbocycles. The summed E-state index contributed by atoms with van der Waals surface area (Å²) in [7, 11) is 1.26. The number of hydrogen-bond acceptors (Lipinski definition) is 6. The highest BCUT2D eigenvalue weighted by molar-refractivity contribution is 6.08. The summed E-state index contributed by atoms with van der Waals surface area (Å²) in [6.45, 7) is 2.27. The van der Waals surface area contributed by atoms with Gasteiger partial charge in [0.25, 0.3) is 0 Å². The maximum Gasteiger partial charge on any atom is 0.320 e. The molecule has 1 N–H and O–H groups in total. The predicted octanol–water partition coefficient (Wildman–Crippen LogP) is -0.223. The van der Waals surface area contributed by atoms with Crippen molar-refractivity contribution >= 4 is 24.2 Å². The van der Waals surface area contributed by atoms with Crippen LogP contribution in [-0.2, 0) is 19.1 Å². The van der Waals surface area contributed by atoms with Crippen LogP contribution in [0, 0.1) is 5.92 Å². The zero-order valence-electron chi connectivity index (χ0n) is 13.9. The second-order valence-corrected chi connectivity index (χ2v) is 5.93. The Labute approximate surface area is 145 Å². The summed E-state index contributed by atoms with van der Waals surface area (Å²) in [5.41, 5.74) is 0.775. The maximum absolute atomic E-state index is 12.6. The van der Waals surface area contributed by atoms with E-state index in [1.807, 2.05) is 35.2 Å². The van der Waals surface area contributed by atoms with Gasteiger partial charge >= 0.3 is 5.97 Å². The van der Waals surface area contributed by atoms with Crippen molar-refractivity contribution in [2.24, 2.45) is 10.9 Å². The Hall–Kier alpha value is -2.90. The van der Waals surface area contributed by atoms with Crippen molar-refractivity contribution in [2.45, 2.75) is 6.04 Å². The zero-order valence-corrected chi connectivity index (χ0v) is 13.9. The standard InChI is InChI=1S/C17H20N4O4/c1-25-16(24)13-14(12-5-3-2-4-6-12)18-17(19-15(13)23)21-9-7-20(11-22)8-10-21/h2-6,11,13-14H,7-10H2,1H3,(H,18,19,23)/t13-,14+/m0/s1. The van der Waals surface area contributed by atoms with Gasteiger partial charge in [-0.2, -0.15) is 0 Å². The lowest BCUT2D eigenvalue weighted by atomic mass is 9.91. The van der Waals surface area contributed by atoms with Crippen LogP contribution >= 0.6 is 0 Å². The number of piperazine rings is 1. The van der Waals surface area contributed by atoms with Crippen molar-refractivity contribution in [3.63, 3.8) is 0 Å². The van der Waals surface area contributed by atoms with E-state index in [0.29, 0.717) is 32.1 Å². The lowest BCUT2D eigenvalue weighted by molar-refractivity contribution is -0.151. The van der Waals surface area contributed by atoms with Gasteiger partial charge in [-0.3, -0.25) is 19.7 Å². The molecule has 0 aromatic heterocycles. The number of hydrogen-bond donors (Lipinski definition) is 1. The molecule has 1 aromatic rings. The van der Waals surface area contributed by atoms with Crippen LogP contribution in [0.1, 0.15) is 11.6 Å². The summed E-state index contributed by atoms with van der Waals surface area (Å²) in [6, 6.07) is 8.59. The molecule has 2 atom stereocenters. The van der Waals surface area contributed by atoms with Gasteiger partial charge in [-0.15, -0.1) is 0 Å². The monoisotopic (exact) mass is 344 g/mol. The van der Waals surface area contributed by atoms with E-state index >= 15 is 0 Å². The van der Waals surface area contributed by atoms with E-state index in [0.717, 1.165) is 12.0 Å². The van der Waals surface area contributed by atoms with E-state index in [4.69, 9.17) is 4.74 Å². The van der Waals surface area contributed by atoms with Gasteiger partial charge < -0.3 is 14.5 Å². The van der Waals surface area contributed by atoms with Crippen molar-refractivity contribution in [3.05, 3.63) is 35.9 Å². The van der Waals surface area contributed by atoms with Crippen molar-refractivity contribution in [1.82, 2.24) is 15.1 Å². The average molecular weight is 344 g/mol. The number of aliphatic imine (C=N–C) groups is 1. The first-order valence-electron chi connectivity index (χ1n) is 8.09. The van der Waals surface area contributed by atoms with E-state index in [1.165, 1.54) is 7.11 Å². The first-order chi connectivity index (χ1) is 12.1. The summed E-state index contributed by atoms with van der Waals surface area (Å²) in [5, 5.41) is 2.71. The van der Waals surface area contributed by atoms with Crippen LogP contribution in [0.5, 0.6) is 0 Å². The number of ether oxygens (including phenoxy) is 1. The van der Waals surface area contributed by atoms with Gasteiger partial charge in [0.1, 0.15) is 6.04 Å². The van der Waals surface area contributed by atoms with E-state index < -0.39 is 23.8 Å². The Morgan fingerprint density at radius 1 is 1.24 bits per heavy atom. The molecule has 0 saturated carbocycles. The van der Waals surface area contributed by atoms with E-state index in [9.17, 15) is 14.4 Å². The molecular formula is C17H20N4O4. The first kappa shape index (κ1) is 16.9. The van der Waals surface area contributed by atoms with Crippen molar-refractivity contribution < 1.29 is 19.1 Å². The number of amides is 2. The fraction of sp³-hybridized carbons (Fsp3) is 0.412. The largest absolute Gasteiger partial charge is 0.468 e. The van der Waals surface area contributed by atoms with Gasteiger partial charge in [0, 0.05) is 26.2 Å². The number of rotatable bonds is 3. The number of esters is 1. The molecule has 3 rings (SSSR count). The molecule has 8 nitrogen and oxygen atoms in total. The lowest BCUT2D eigenvalue weighted by Gasteiger charge is -2.37. The SMILES string of the molecule is COC(=O)[C@@H]1C(=O)NC(N2CCN(C=O)CC2)=N[C@@H]1c1ccccc1. The normalized spacial score (nSPS) is 23.6. The fourth-order valence-electron chi connectivity index (χ4n) is 3.05. The van der Waals surface area contributed by atoms with Crippen LogP contribution < -0.4 is 5.32 Å². The first-order valence-corrected chi connectivity index (χ1v) is 8.09. The zero-order chi connectivity index (χ0) is 17.8. The average Bonchev–Trinajstić information content (AvgIpc) is 2.67.